The minimum Gasteiger partial charge on any atom is -0.360 e. The maximum atomic E-state index is 11.2. The average molecular weight is 364 g/mol. The zero-order valence-electron chi connectivity index (χ0n) is 12.8. The summed E-state index contributed by atoms with van der Waals surface area (Å²) in [5.74, 6) is 0.860. The fourth-order valence-electron chi connectivity index (χ4n) is 1.89. The van der Waals surface area contributed by atoms with Crippen LogP contribution in [0.4, 0.5) is 11.5 Å². The molecular weight excluding hydrogens is 350 g/mol. The van der Waals surface area contributed by atoms with Crippen LogP contribution in [0, 0.1) is 21.4 Å². The van der Waals surface area contributed by atoms with E-state index < -0.39 is 4.92 Å². The molecule has 24 heavy (non-hydrogen) atoms. The Kier molecular flexibility index (Phi) is 6.35. The van der Waals surface area contributed by atoms with Crippen LogP contribution in [-0.4, -0.2) is 20.6 Å². The van der Waals surface area contributed by atoms with Crippen molar-refractivity contribution in [3.8, 4) is 6.07 Å². The predicted molar refractivity (Wildman–Crippen MR) is 93.2 cm³/mol. The Labute approximate surface area is 148 Å². The van der Waals surface area contributed by atoms with Gasteiger partial charge in [0, 0.05) is 12.3 Å². The number of halogens is 1. The monoisotopic (exact) mass is 363 g/mol. The second-order valence-electron chi connectivity index (χ2n) is 4.77. The molecule has 0 atom stereocenters. The van der Waals surface area contributed by atoms with Crippen molar-refractivity contribution >= 4 is 34.9 Å². The van der Waals surface area contributed by atoms with Gasteiger partial charge in [-0.2, -0.15) is 10.2 Å². The summed E-state index contributed by atoms with van der Waals surface area (Å²) in [6, 6.07) is 9.00. The van der Waals surface area contributed by atoms with Gasteiger partial charge in [-0.05, 0) is 24.1 Å². The Bertz CT molecular complexity index is 794. The van der Waals surface area contributed by atoms with Crippen molar-refractivity contribution in [2.24, 2.45) is 0 Å². The SMILES string of the molecule is CCCSc1nc(Cl)c([N+](=O)[O-])c(NCc2cccc(C#N)c2)n1. The summed E-state index contributed by atoms with van der Waals surface area (Å²) in [6.45, 7) is 2.29. The fourth-order valence-corrected chi connectivity index (χ4v) is 2.87. The molecule has 0 spiro atoms. The minimum absolute atomic E-state index is 0.0703. The largest absolute Gasteiger partial charge is 0.360 e. The van der Waals surface area contributed by atoms with E-state index in [1.54, 1.807) is 18.2 Å². The number of anilines is 1. The van der Waals surface area contributed by atoms with E-state index in [9.17, 15) is 10.1 Å². The summed E-state index contributed by atoms with van der Waals surface area (Å²) in [7, 11) is 0. The number of hydrogen-bond acceptors (Lipinski definition) is 7. The second kappa shape index (κ2) is 8.47. The van der Waals surface area contributed by atoms with E-state index in [1.165, 1.54) is 11.8 Å². The number of nitrogens with one attached hydrogen (secondary N) is 1. The summed E-state index contributed by atoms with van der Waals surface area (Å²) in [5, 5.41) is 23.3. The Balaban J connectivity index is 2.27. The van der Waals surface area contributed by atoms with Gasteiger partial charge in [-0.3, -0.25) is 10.1 Å². The highest BCUT2D eigenvalue weighted by molar-refractivity contribution is 7.99. The third-order valence-corrected chi connectivity index (χ3v) is 4.27. The smallest absolute Gasteiger partial charge is 0.348 e. The first-order chi connectivity index (χ1) is 11.5. The topological polar surface area (TPSA) is 105 Å². The molecule has 0 amide bonds. The predicted octanol–water partition coefficient (Wildman–Crippen LogP) is 4.02. The van der Waals surface area contributed by atoms with E-state index >= 15 is 0 Å². The zero-order chi connectivity index (χ0) is 17.5. The zero-order valence-corrected chi connectivity index (χ0v) is 14.4. The van der Waals surface area contributed by atoms with Gasteiger partial charge in [0.1, 0.15) is 0 Å². The van der Waals surface area contributed by atoms with Crippen LogP contribution < -0.4 is 5.32 Å². The molecule has 0 fully saturated rings. The number of nitrogens with zero attached hydrogens (tertiary/aromatic N) is 4. The highest BCUT2D eigenvalue weighted by Crippen LogP contribution is 2.32. The molecule has 0 radical (unpaired) electrons. The summed E-state index contributed by atoms with van der Waals surface area (Å²) in [6.07, 6.45) is 0.923. The van der Waals surface area contributed by atoms with Gasteiger partial charge in [0.2, 0.25) is 11.0 Å². The summed E-state index contributed by atoms with van der Waals surface area (Å²) >= 11 is 7.33. The number of hydrogen-bond donors (Lipinski definition) is 1. The van der Waals surface area contributed by atoms with Crippen LogP contribution in [0.3, 0.4) is 0 Å². The van der Waals surface area contributed by atoms with E-state index in [-0.39, 0.29) is 23.2 Å². The third-order valence-electron chi connectivity index (χ3n) is 2.95. The summed E-state index contributed by atoms with van der Waals surface area (Å²) < 4.78 is 0. The molecule has 0 bridgehead atoms. The van der Waals surface area contributed by atoms with Gasteiger partial charge < -0.3 is 5.32 Å². The Hall–Kier alpha value is -2.37. The van der Waals surface area contributed by atoms with E-state index in [0.29, 0.717) is 10.7 Å². The summed E-state index contributed by atoms with van der Waals surface area (Å²) in [4.78, 5) is 18.8. The van der Waals surface area contributed by atoms with Gasteiger partial charge in [0.15, 0.2) is 5.16 Å². The Morgan fingerprint density at radius 1 is 1.46 bits per heavy atom. The van der Waals surface area contributed by atoms with Crippen LogP contribution in [0.15, 0.2) is 29.4 Å². The van der Waals surface area contributed by atoms with E-state index in [0.717, 1.165) is 17.7 Å². The number of thioether (sulfide) groups is 1. The standard InChI is InChI=1S/C15H14ClN5O2S/c1-2-6-24-15-19-13(16)12(21(22)23)14(20-15)18-9-11-5-3-4-10(7-11)8-17/h3-5,7H,2,6,9H2,1H3,(H,18,19,20). The van der Waals surface area contributed by atoms with Crippen LogP contribution in [0.5, 0.6) is 0 Å². The molecule has 1 aromatic heterocycles. The van der Waals surface area contributed by atoms with Gasteiger partial charge in [-0.25, -0.2) is 4.98 Å². The molecule has 7 nitrogen and oxygen atoms in total. The van der Waals surface area contributed by atoms with Crippen molar-refractivity contribution in [2.75, 3.05) is 11.1 Å². The number of nitriles is 1. The van der Waals surface area contributed by atoms with Crippen molar-refractivity contribution in [3.63, 3.8) is 0 Å². The van der Waals surface area contributed by atoms with Crippen LogP contribution in [0.1, 0.15) is 24.5 Å². The Morgan fingerprint density at radius 2 is 2.25 bits per heavy atom. The molecule has 0 aliphatic carbocycles. The first kappa shape index (κ1) is 18.0. The number of aromatic nitrogens is 2. The fraction of sp³-hybridized carbons (Fsp3) is 0.267. The van der Waals surface area contributed by atoms with Crippen molar-refractivity contribution < 1.29 is 4.92 Å². The quantitative estimate of drug-likeness (QED) is 0.260. The molecule has 0 saturated carbocycles. The lowest BCUT2D eigenvalue weighted by atomic mass is 10.1. The maximum absolute atomic E-state index is 11.2. The van der Waals surface area contributed by atoms with Gasteiger partial charge in [0.25, 0.3) is 0 Å². The molecule has 124 valence electrons. The molecule has 1 N–H and O–H groups in total. The highest BCUT2D eigenvalue weighted by atomic mass is 35.5. The molecular formula is C15H14ClN5O2S. The lowest BCUT2D eigenvalue weighted by Crippen LogP contribution is -2.07. The van der Waals surface area contributed by atoms with Crippen LogP contribution >= 0.6 is 23.4 Å². The molecule has 2 rings (SSSR count). The Morgan fingerprint density at radius 3 is 2.92 bits per heavy atom. The van der Waals surface area contributed by atoms with E-state index in [2.05, 4.69) is 21.4 Å². The molecule has 2 aromatic rings. The molecule has 0 aliphatic rings. The van der Waals surface area contributed by atoms with Crippen LogP contribution in [-0.2, 0) is 6.54 Å². The van der Waals surface area contributed by atoms with E-state index in [1.807, 2.05) is 13.0 Å². The van der Waals surface area contributed by atoms with Gasteiger partial charge in [-0.15, -0.1) is 0 Å². The summed E-state index contributed by atoms with van der Waals surface area (Å²) in [5.41, 5.74) is 0.971. The van der Waals surface area contributed by atoms with Gasteiger partial charge in [0.05, 0.1) is 16.6 Å². The van der Waals surface area contributed by atoms with Crippen LogP contribution in [0.2, 0.25) is 5.15 Å². The maximum Gasteiger partial charge on any atom is 0.348 e. The van der Waals surface area contributed by atoms with Gasteiger partial charge in [-0.1, -0.05) is 42.4 Å². The second-order valence-corrected chi connectivity index (χ2v) is 6.19. The highest BCUT2D eigenvalue weighted by Gasteiger charge is 2.23. The third kappa shape index (κ3) is 4.57. The number of nitro groups is 1. The number of benzene rings is 1. The average Bonchev–Trinajstić information content (AvgIpc) is 2.57. The lowest BCUT2D eigenvalue weighted by Gasteiger charge is -2.09. The minimum atomic E-state index is -0.607. The first-order valence-electron chi connectivity index (χ1n) is 7.12. The molecule has 0 saturated heterocycles. The molecule has 0 aliphatic heterocycles. The lowest BCUT2D eigenvalue weighted by molar-refractivity contribution is -0.384. The van der Waals surface area contributed by atoms with Crippen molar-refractivity contribution in [2.45, 2.75) is 25.0 Å². The van der Waals surface area contributed by atoms with Crippen molar-refractivity contribution in [1.82, 2.24) is 9.97 Å². The van der Waals surface area contributed by atoms with Crippen LogP contribution in [0.25, 0.3) is 0 Å². The molecule has 0 unspecified atom stereocenters. The van der Waals surface area contributed by atoms with Gasteiger partial charge >= 0.3 is 5.69 Å². The number of rotatable bonds is 7. The normalized spacial score (nSPS) is 10.2. The van der Waals surface area contributed by atoms with E-state index in [4.69, 9.17) is 16.9 Å². The van der Waals surface area contributed by atoms with Crippen molar-refractivity contribution in [3.05, 3.63) is 50.7 Å². The molecule has 1 heterocycles. The molecule has 9 heteroatoms. The molecule has 1 aromatic carbocycles. The van der Waals surface area contributed by atoms with Crippen molar-refractivity contribution in [1.29, 1.82) is 5.26 Å². The first-order valence-corrected chi connectivity index (χ1v) is 8.49.